The van der Waals surface area contributed by atoms with Gasteiger partial charge in [0.05, 0.1) is 6.10 Å². The van der Waals surface area contributed by atoms with Crippen LogP contribution in [0.4, 0.5) is 0 Å². The molecule has 0 radical (unpaired) electrons. The Balaban J connectivity index is 1.60. The Kier molecular flexibility index (Phi) is 4.12. The number of hydrogen-bond donors (Lipinski definition) is 2. The van der Waals surface area contributed by atoms with Crippen LogP contribution in [-0.2, 0) is 4.79 Å². The van der Waals surface area contributed by atoms with E-state index in [0.717, 1.165) is 37.5 Å². The second-order valence-electron chi connectivity index (χ2n) is 9.88. The van der Waals surface area contributed by atoms with Gasteiger partial charge in [0.1, 0.15) is 6.61 Å². The van der Waals surface area contributed by atoms with Crippen LogP contribution in [0, 0.1) is 40.4 Å². The van der Waals surface area contributed by atoms with Crippen LogP contribution in [0.15, 0.2) is 0 Å². The van der Waals surface area contributed by atoms with Gasteiger partial charge < -0.3 is 10.2 Å². The van der Waals surface area contributed by atoms with Gasteiger partial charge in [-0.3, -0.25) is 4.79 Å². The molecule has 8 atom stereocenters. The first-order valence-electron chi connectivity index (χ1n) is 10.2. The number of aliphatic hydroxyl groups excluding tert-OH is 2. The molecule has 4 saturated carbocycles. The van der Waals surface area contributed by atoms with Gasteiger partial charge in [-0.15, -0.1) is 0 Å². The molecule has 0 amide bonds. The standard InChI is InChI=1S/C21H34O3/c1-20-9-7-14(23)11-13(20)3-4-15-16-5-6-18(19(24)12-22)21(16,2)10-8-17(15)20/h13-18,22-23H,3-12H2,1-2H3/t13-,14+,15+,16+,17+,18-,20-,21+/m0/s1. The molecule has 0 bridgehead atoms. The first-order chi connectivity index (χ1) is 11.4. The average molecular weight is 335 g/mol. The third kappa shape index (κ3) is 2.26. The summed E-state index contributed by atoms with van der Waals surface area (Å²) in [7, 11) is 0. The van der Waals surface area contributed by atoms with Crippen molar-refractivity contribution < 1.29 is 15.0 Å². The number of Topliss-reactive ketones (excluding diaryl/α,β-unsaturated/α-hetero) is 1. The zero-order valence-corrected chi connectivity index (χ0v) is 15.3. The maximum Gasteiger partial charge on any atom is 0.161 e. The molecular formula is C21H34O3. The Bertz CT molecular complexity index is 517. The molecule has 0 aromatic carbocycles. The summed E-state index contributed by atoms with van der Waals surface area (Å²) in [5.74, 6) is 3.08. The van der Waals surface area contributed by atoms with Crippen molar-refractivity contribution in [1.29, 1.82) is 0 Å². The Morgan fingerprint density at radius 1 is 0.958 bits per heavy atom. The smallest absolute Gasteiger partial charge is 0.161 e. The van der Waals surface area contributed by atoms with Gasteiger partial charge in [0.2, 0.25) is 0 Å². The second-order valence-corrected chi connectivity index (χ2v) is 9.88. The topological polar surface area (TPSA) is 57.5 Å². The minimum Gasteiger partial charge on any atom is -0.393 e. The molecule has 0 spiro atoms. The van der Waals surface area contributed by atoms with Crippen LogP contribution in [0.25, 0.3) is 0 Å². The number of aliphatic hydroxyl groups is 2. The molecule has 2 N–H and O–H groups in total. The van der Waals surface area contributed by atoms with Crippen LogP contribution in [0.3, 0.4) is 0 Å². The molecule has 4 aliphatic carbocycles. The van der Waals surface area contributed by atoms with Crippen LogP contribution in [0.5, 0.6) is 0 Å². The van der Waals surface area contributed by atoms with Gasteiger partial charge >= 0.3 is 0 Å². The Morgan fingerprint density at radius 3 is 2.42 bits per heavy atom. The van der Waals surface area contributed by atoms with Crippen molar-refractivity contribution in [3.8, 4) is 0 Å². The maximum absolute atomic E-state index is 12.3. The second kappa shape index (κ2) is 5.81. The predicted molar refractivity (Wildman–Crippen MR) is 93.3 cm³/mol. The molecule has 0 heterocycles. The lowest BCUT2D eigenvalue weighted by atomic mass is 9.44. The lowest BCUT2D eigenvalue weighted by Crippen LogP contribution is -2.54. The zero-order chi connectivity index (χ0) is 17.1. The normalized spacial score (nSPS) is 53.8. The number of rotatable bonds is 2. The average Bonchev–Trinajstić information content (AvgIpc) is 2.92. The fourth-order valence-electron chi connectivity index (χ4n) is 7.87. The first kappa shape index (κ1) is 17.0. The van der Waals surface area contributed by atoms with Crippen molar-refractivity contribution >= 4 is 5.78 Å². The predicted octanol–water partition coefficient (Wildman–Crippen LogP) is 3.57. The summed E-state index contributed by atoms with van der Waals surface area (Å²) in [5.41, 5.74) is 0.529. The number of fused-ring (bicyclic) bond motifs is 5. The van der Waals surface area contributed by atoms with Crippen molar-refractivity contribution in [1.82, 2.24) is 0 Å². The van der Waals surface area contributed by atoms with Crippen molar-refractivity contribution in [2.24, 2.45) is 40.4 Å². The summed E-state index contributed by atoms with van der Waals surface area (Å²) in [4.78, 5) is 12.3. The summed E-state index contributed by atoms with van der Waals surface area (Å²) in [5, 5.41) is 19.5. The van der Waals surface area contributed by atoms with E-state index >= 15 is 0 Å². The van der Waals surface area contributed by atoms with Crippen LogP contribution >= 0.6 is 0 Å². The molecule has 3 nitrogen and oxygen atoms in total. The van der Waals surface area contributed by atoms with Crippen molar-refractivity contribution in [2.45, 2.75) is 77.7 Å². The van der Waals surface area contributed by atoms with Crippen LogP contribution in [-0.4, -0.2) is 28.7 Å². The van der Waals surface area contributed by atoms with Gasteiger partial charge in [-0.25, -0.2) is 0 Å². The SMILES string of the molecule is C[C@]12CC[C@@H](O)C[C@@H]1CC[C@H]1[C@H]2CC[C@]2(C)[C@@H]1CC[C@H]2C(=O)CO. The van der Waals surface area contributed by atoms with Crippen molar-refractivity contribution in [3.63, 3.8) is 0 Å². The van der Waals surface area contributed by atoms with Gasteiger partial charge in [0, 0.05) is 5.92 Å². The monoisotopic (exact) mass is 334 g/mol. The highest BCUT2D eigenvalue weighted by Gasteiger charge is 2.60. The Morgan fingerprint density at radius 2 is 1.67 bits per heavy atom. The number of carbonyl (C=O) groups excluding carboxylic acids is 1. The van der Waals surface area contributed by atoms with E-state index in [9.17, 15) is 15.0 Å². The molecule has 0 aromatic rings. The van der Waals surface area contributed by atoms with E-state index < -0.39 is 0 Å². The molecule has 24 heavy (non-hydrogen) atoms. The van der Waals surface area contributed by atoms with E-state index in [-0.39, 0.29) is 29.8 Å². The fourth-order valence-corrected chi connectivity index (χ4v) is 7.87. The molecule has 0 aliphatic heterocycles. The van der Waals surface area contributed by atoms with Crippen LogP contribution in [0.2, 0.25) is 0 Å². The van der Waals surface area contributed by atoms with Gasteiger partial charge in [0.15, 0.2) is 5.78 Å². The zero-order valence-electron chi connectivity index (χ0n) is 15.3. The molecule has 136 valence electrons. The van der Waals surface area contributed by atoms with E-state index in [4.69, 9.17) is 0 Å². The minimum atomic E-state index is -0.279. The van der Waals surface area contributed by atoms with Crippen molar-refractivity contribution in [2.75, 3.05) is 6.61 Å². The number of ketones is 1. The molecule has 4 rings (SSSR count). The van der Waals surface area contributed by atoms with Gasteiger partial charge in [-0.05, 0) is 92.3 Å². The fraction of sp³-hybridized carbons (Fsp3) is 0.952. The third-order valence-corrected chi connectivity index (χ3v) is 9.18. The number of carbonyl (C=O) groups is 1. The van der Waals surface area contributed by atoms with Gasteiger partial charge in [0.25, 0.3) is 0 Å². The molecule has 0 saturated heterocycles. The lowest BCUT2D eigenvalue weighted by Gasteiger charge is -2.60. The van der Waals surface area contributed by atoms with E-state index in [2.05, 4.69) is 13.8 Å². The molecule has 3 heteroatoms. The third-order valence-electron chi connectivity index (χ3n) is 9.18. The van der Waals surface area contributed by atoms with Gasteiger partial charge in [-0.2, -0.15) is 0 Å². The quantitative estimate of drug-likeness (QED) is 0.812. The minimum absolute atomic E-state index is 0.0773. The van der Waals surface area contributed by atoms with E-state index in [1.165, 1.54) is 32.1 Å². The molecule has 4 aliphatic rings. The van der Waals surface area contributed by atoms with Crippen molar-refractivity contribution in [3.05, 3.63) is 0 Å². The summed E-state index contributed by atoms with van der Waals surface area (Å²) in [6.07, 6.45) is 10.2. The molecule has 0 unspecified atom stereocenters. The van der Waals surface area contributed by atoms with E-state index in [1.54, 1.807) is 0 Å². The summed E-state index contributed by atoms with van der Waals surface area (Å²) >= 11 is 0. The summed E-state index contributed by atoms with van der Waals surface area (Å²) < 4.78 is 0. The van der Waals surface area contributed by atoms with E-state index in [0.29, 0.717) is 17.3 Å². The molecule has 4 fully saturated rings. The van der Waals surface area contributed by atoms with Crippen LogP contribution in [0.1, 0.15) is 71.6 Å². The van der Waals surface area contributed by atoms with Crippen LogP contribution < -0.4 is 0 Å². The first-order valence-corrected chi connectivity index (χ1v) is 10.2. The molecule has 0 aromatic heterocycles. The Hall–Kier alpha value is -0.410. The highest BCUT2D eigenvalue weighted by Crippen LogP contribution is 2.67. The maximum atomic E-state index is 12.3. The summed E-state index contributed by atoms with van der Waals surface area (Å²) in [6, 6.07) is 0. The highest BCUT2D eigenvalue weighted by molar-refractivity contribution is 5.83. The summed E-state index contributed by atoms with van der Waals surface area (Å²) in [6.45, 7) is 4.57. The van der Waals surface area contributed by atoms with E-state index in [1.807, 2.05) is 0 Å². The number of hydrogen-bond acceptors (Lipinski definition) is 3. The molecular weight excluding hydrogens is 300 g/mol. The lowest BCUT2D eigenvalue weighted by molar-refractivity contribution is -0.141. The Labute approximate surface area is 146 Å². The van der Waals surface area contributed by atoms with Gasteiger partial charge in [-0.1, -0.05) is 13.8 Å². The highest BCUT2D eigenvalue weighted by atomic mass is 16.3. The largest absolute Gasteiger partial charge is 0.393 e.